The summed E-state index contributed by atoms with van der Waals surface area (Å²) in [5.41, 5.74) is 0.656. The molecule has 4 nitrogen and oxygen atoms in total. The van der Waals surface area contributed by atoms with Gasteiger partial charge in [0.05, 0.1) is 5.92 Å². The van der Waals surface area contributed by atoms with E-state index in [-0.39, 0.29) is 30.0 Å². The van der Waals surface area contributed by atoms with Gasteiger partial charge in [0.2, 0.25) is 11.8 Å². The molecule has 2 rings (SSSR count). The normalized spacial score (nSPS) is 18.6. The third-order valence-corrected chi connectivity index (χ3v) is 3.05. The Kier molecular flexibility index (Phi) is 3.60. The Labute approximate surface area is 105 Å². The molecular weight excluding hydrogens is 235 g/mol. The van der Waals surface area contributed by atoms with Crippen molar-refractivity contribution in [2.45, 2.75) is 13.3 Å². The van der Waals surface area contributed by atoms with E-state index in [1.165, 1.54) is 12.1 Å². The van der Waals surface area contributed by atoms with Crippen LogP contribution in [0.5, 0.6) is 0 Å². The van der Waals surface area contributed by atoms with Gasteiger partial charge in [0.1, 0.15) is 5.82 Å². The van der Waals surface area contributed by atoms with Gasteiger partial charge in [0, 0.05) is 25.2 Å². The van der Waals surface area contributed by atoms with E-state index in [1.54, 1.807) is 17.0 Å². The molecule has 5 heteroatoms. The van der Waals surface area contributed by atoms with Crippen LogP contribution in [0.25, 0.3) is 0 Å². The van der Waals surface area contributed by atoms with Crippen molar-refractivity contribution in [3.8, 4) is 0 Å². The number of anilines is 1. The van der Waals surface area contributed by atoms with Crippen LogP contribution in [0.15, 0.2) is 24.3 Å². The number of hydrogen-bond acceptors (Lipinski definition) is 2. The number of hydrogen-bond donors (Lipinski definition) is 1. The highest BCUT2D eigenvalue weighted by Crippen LogP contribution is 2.20. The second kappa shape index (κ2) is 5.16. The molecule has 1 saturated heterocycles. The molecule has 0 radical (unpaired) electrons. The van der Waals surface area contributed by atoms with Crippen LogP contribution in [0.1, 0.15) is 13.3 Å². The summed E-state index contributed by atoms with van der Waals surface area (Å²) < 4.78 is 12.8. The molecule has 0 aliphatic carbocycles. The summed E-state index contributed by atoms with van der Waals surface area (Å²) in [4.78, 5) is 24.9. The maximum atomic E-state index is 12.8. The van der Waals surface area contributed by atoms with Crippen LogP contribution in [0.4, 0.5) is 10.1 Å². The van der Waals surface area contributed by atoms with Crippen LogP contribution in [-0.2, 0) is 9.59 Å². The van der Waals surface area contributed by atoms with Gasteiger partial charge in [0.15, 0.2) is 0 Å². The van der Waals surface area contributed by atoms with Crippen LogP contribution < -0.4 is 10.2 Å². The van der Waals surface area contributed by atoms with Crippen molar-refractivity contribution in [3.63, 3.8) is 0 Å². The van der Waals surface area contributed by atoms with Crippen LogP contribution >= 0.6 is 0 Å². The minimum absolute atomic E-state index is 0.0940. The molecule has 18 heavy (non-hydrogen) atoms. The molecule has 1 aromatic rings. The van der Waals surface area contributed by atoms with Crippen LogP contribution in [0.2, 0.25) is 0 Å². The molecule has 0 saturated carbocycles. The summed E-state index contributed by atoms with van der Waals surface area (Å²) in [5, 5.41) is 2.64. The Balaban J connectivity index is 2.15. The Morgan fingerprint density at radius 1 is 1.44 bits per heavy atom. The number of carbonyl (C=O) groups excluding carboxylic acids is 2. The minimum Gasteiger partial charge on any atom is -0.355 e. The summed E-state index contributed by atoms with van der Waals surface area (Å²) in [6, 6.07) is 5.79. The number of carbonyl (C=O) groups is 2. The highest BCUT2D eigenvalue weighted by atomic mass is 19.1. The largest absolute Gasteiger partial charge is 0.355 e. The maximum Gasteiger partial charge on any atom is 0.232 e. The Bertz CT molecular complexity index is 459. The first-order valence-corrected chi connectivity index (χ1v) is 5.95. The monoisotopic (exact) mass is 250 g/mol. The SMILES string of the molecule is CCN(C(=O)C1CNC(=O)C1)c1ccc(F)cc1. The molecule has 1 aromatic carbocycles. The standard InChI is InChI=1S/C13H15FN2O2/c1-2-16(11-5-3-10(14)4-6-11)13(18)9-7-12(17)15-8-9/h3-6,9H,2,7-8H2,1H3,(H,15,17). The predicted molar refractivity (Wildman–Crippen MR) is 65.5 cm³/mol. The summed E-state index contributed by atoms with van der Waals surface area (Å²) in [7, 11) is 0. The Morgan fingerprint density at radius 2 is 2.11 bits per heavy atom. The van der Waals surface area contributed by atoms with Gasteiger partial charge in [-0.3, -0.25) is 9.59 Å². The first kappa shape index (κ1) is 12.5. The lowest BCUT2D eigenvalue weighted by Crippen LogP contribution is -2.37. The van der Waals surface area contributed by atoms with Crippen molar-refractivity contribution in [2.75, 3.05) is 18.0 Å². The molecule has 0 bridgehead atoms. The predicted octanol–water partition coefficient (Wildman–Crippen LogP) is 1.31. The molecule has 1 N–H and O–H groups in total. The fourth-order valence-corrected chi connectivity index (χ4v) is 2.09. The molecular formula is C13H15FN2O2. The topological polar surface area (TPSA) is 49.4 Å². The summed E-state index contributed by atoms with van der Waals surface area (Å²) in [5.74, 6) is -0.839. The highest BCUT2D eigenvalue weighted by molar-refractivity contribution is 5.98. The van der Waals surface area contributed by atoms with E-state index in [0.29, 0.717) is 18.8 Å². The van der Waals surface area contributed by atoms with Crippen molar-refractivity contribution < 1.29 is 14.0 Å². The smallest absolute Gasteiger partial charge is 0.232 e. The fourth-order valence-electron chi connectivity index (χ4n) is 2.09. The van der Waals surface area contributed by atoms with Gasteiger partial charge in [-0.2, -0.15) is 0 Å². The van der Waals surface area contributed by atoms with E-state index in [4.69, 9.17) is 0 Å². The lowest BCUT2D eigenvalue weighted by Gasteiger charge is -2.23. The quantitative estimate of drug-likeness (QED) is 0.879. The Morgan fingerprint density at radius 3 is 2.61 bits per heavy atom. The number of halogens is 1. The summed E-state index contributed by atoms with van der Waals surface area (Å²) >= 11 is 0. The molecule has 0 spiro atoms. The molecule has 1 aliphatic heterocycles. The van der Waals surface area contributed by atoms with Crippen molar-refractivity contribution >= 4 is 17.5 Å². The second-order valence-corrected chi connectivity index (χ2v) is 4.26. The zero-order valence-electron chi connectivity index (χ0n) is 10.1. The average molecular weight is 250 g/mol. The number of amides is 2. The summed E-state index contributed by atoms with van der Waals surface area (Å²) in [6.45, 7) is 2.73. The van der Waals surface area contributed by atoms with E-state index >= 15 is 0 Å². The van der Waals surface area contributed by atoms with Crippen molar-refractivity contribution in [3.05, 3.63) is 30.1 Å². The molecule has 0 aromatic heterocycles. The fraction of sp³-hybridized carbons (Fsp3) is 0.385. The lowest BCUT2D eigenvalue weighted by molar-refractivity contribution is -0.124. The highest BCUT2D eigenvalue weighted by Gasteiger charge is 2.31. The first-order chi connectivity index (χ1) is 8.61. The van der Waals surface area contributed by atoms with Gasteiger partial charge in [-0.25, -0.2) is 4.39 Å². The van der Waals surface area contributed by atoms with Crippen molar-refractivity contribution in [2.24, 2.45) is 5.92 Å². The van der Waals surface area contributed by atoms with E-state index in [2.05, 4.69) is 5.32 Å². The van der Waals surface area contributed by atoms with Crippen molar-refractivity contribution in [1.82, 2.24) is 5.32 Å². The van der Waals surface area contributed by atoms with Crippen molar-refractivity contribution in [1.29, 1.82) is 0 Å². The van der Waals surface area contributed by atoms with Crippen LogP contribution in [-0.4, -0.2) is 24.9 Å². The second-order valence-electron chi connectivity index (χ2n) is 4.26. The third-order valence-electron chi connectivity index (χ3n) is 3.05. The zero-order chi connectivity index (χ0) is 13.1. The van der Waals surface area contributed by atoms with E-state index in [0.717, 1.165) is 0 Å². The van der Waals surface area contributed by atoms with E-state index in [1.807, 2.05) is 6.92 Å². The number of nitrogens with one attached hydrogen (secondary N) is 1. The van der Waals surface area contributed by atoms with Gasteiger partial charge >= 0.3 is 0 Å². The molecule has 96 valence electrons. The number of benzene rings is 1. The van der Waals surface area contributed by atoms with Gasteiger partial charge in [-0.1, -0.05) is 0 Å². The van der Waals surface area contributed by atoms with Gasteiger partial charge < -0.3 is 10.2 Å². The average Bonchev–Trinajstić information content (AvgIpc) is 2.79. The van der Waals surface area contributed by atoms with Gasteiger partial charge in [-0.15, -0.1) is 0 Å². The molecule has 1 aliphatic rings. The van der Waals surface area contributed by atoms with Crippen LogP contribution in [0, 0.1) is 11.7 Å². The molecule has 1 fully saturated rings. The molecule has 2 amide bonds. The molecule has 1 heterocycles. The molecule has 1 atom stereocenters. The number of rotatable bonds is 3. The minimum atomic E-state index is -0.333. The first-order valence-electron chi connectivity index (χ1n) is 5.95. The summed E-state index contributed by atoms with van der Waals surface area (Å²) in [6.07, 6.45) is 0.233. The lowest BCUT2D eigenvalue weighted by atomic mass is 10.1. The third kappa shape index (κ3) is 2.50. The van der Waals surface area contributed by atoms with Crippen LogP contribution in [0.3, 0.4) is 0 Å². The zero-order valence-corrected chi connectivity index (χ0v) is 10.1. The van der Waals surface area contributed by atoms with Gasteiger partial charge in [-0.05, 0) is 31.2 Å². The molecule has 1 unspecified atom stereocenters. The van der Waals surface area contributed by atoms with Gasteiger partial charge in [0.25, 0.3) is 0 Å². The number of nitrogens with zero attached hydrogens (tertiary/aromatic N) is 1. The maximum absolute atomic E-state index is 12.8. The Hall–Kier alpha value is -1.91. The van der Waals surface area contributed by atoms with E-state index in [9.17, 15) is 14.0 Å². The van der Waals surface area contributed by atoms with E-state index < -0.39 is 0 Å².